The molecule has 0 aliphatic rings. The highest BCUT2D eigenvalue weighted by molar-refractivity contribution is 5.31. The Morgan fingerprint density at radius 2 is 1.70 bits per heavy atom. The maximum absolute atomic E-state index is 3.74. The zero-order valence-corrected chi connectivity index (χ0v) is 14.2. The van der Waals surface area contributed by atoms with E-state index in [0.29, 0.717) is 6.04 Å². The van der Waals surface area contributed by atoms with Crippen LogP contribution in [0.4, 0.5) is 0 Å². The van der Waals surface area contributed by atoms with Crippen molar-refractivity contribution in [3.63, 3.8) is 0 Å². The van der Waals surface area contributed by atoms with Gasteiger partial charge in [0.1, 0.15) is 0 Å². The molecule has 0 aromatic heterocycles. The fourth-order valence-electron chi connectivity index (χ4n) is 3.34. The Morgan fingerprint density at radius 1 is 1.10 bits per heavy atom. The number of aryl methyl sites for hydroxylation is 1. The Bertz CT molecular complexity index is 398. The summed E-state index contributed by atoms with van der Waals surface area (Å²) in [7, 11) is 0. The van der Waals surface area contributed by atoms with Crippen LogP contribution in [0.1, 0.15) is 58.2 Å². The lowest BCUT2D eigenvalue weighted by Crippen LogP contribution is -2.54. The van der Waals surface area contributed by atoms with Crippen LogP contribution in [-0.2, 0) is 0 Å². The molecule has 0 saturated heterocycles. The van der Waals surface area contributed by atoms with E-state index >= 15 is 0 Å². The van der Waals surface area contributed by atoms with E-state index in [-0.39, 0.29) is 5.54 Å². The highest BCUT2D eigenvalue weighted by Crippen LogP contribution is 2.35. The molecule has 20 heavy (non-hydrogen) atoms. The van der Waals surface area contributed by atoms with Gasteiger partial charge in [-0.15, -0.1) is 0 Å². The zero-order chi connectivity index (χ0) is 15.2. The molecule has 0 bridgehead atoms. The maximum atomic E-state index is 3.74. The lowest BCUT2D eigenvalue weighted by atomic mass is 9.81. The molecule has 2 nitrogen and oxygen atoms in total. The average Bonchev–Trinajstić information content (AvgIpc) is 2.46. The van der Waals surface area contributed by atoms with E-state index in [2.05, 4.69) is 76.0 Å². The minimum absolute atomic E-state index is 0.144. The van der Waals surface area contributed by atoms with Crippen molar-refractivity contribution in [2.75, 3.05) is 19.6 Å². The largest absolute Gasteiger partial charge is 0.309 e. The summed E-state index contributed by atoms with van der Waals surface area (Å²) in [5, 5.41) is 3.74. The van der Waals surface area contributed by atoms with Crippen LogP contribution in [0.3, 0.4) is 0 Å². The third-order valence-electron chi connectivity index (χ3n) is 4.73. The Hall–Kier alpha value is -0.860. The molecular weight excluding hydrogens is 244 g/mol. The molecule has 0 radical (unpaired) electrons. The summed E-state index contributed by atoms with van der Waals surface area (Å²) in [4.78, 5) is 2.59. The first-order valence-electron chi connectivity index (χ1n) is 8.08. The van der Waals surface area contributed by atoms with Crippen molar-refractivity contribution in [3.8, 4) is 0 Å². The normalized spacial score (nSPS) is 16.1. The van der Waals surface area contributed by atoms with Gasteiger partial charge in [0.2, 0.25) is 0 Å². The second-order valence-electron chi connectivity index (χ2n) is 5.73. The molecule has 0 saturated carbocycles. The van der Waals surface area contributed by atoms with E-state index in [4.69, 9.17) is 0 Å². The minimum atomic E-state index is 0.144. The van der Waals surface area contributed by atoms with Gasteiger partial charge in [-0.25, -0.2) is 0 Å². The van der Waals surface area contributed by atoms with Crippen molar-refractivity contribution in [2.45, 2.75) is 59.5 Å². The molecule has 1 aromatic rings. The van der Waals surface area contributed by atoms with Crippen LogP contribution < -0.4 is 5.32 Å². The number of nitrogens with one attached hydrogen (secondary N) is 1. The van der Waals surface area contributed by atoms with Crippen LogP contribution in [0.2, 0.25) is 0 Å². The summed E-state index contributed by atoms with van der Waals surface area (Å²) in [6, 6.07) is 9.16. The first-order valence-corrected chi connectivity index (χ1v) is 8.08. The van der Waals surface area contributed by atoms with Gasteiger partial charge in [-0.3, -0.25) is 4.90 Å². The van der Waals surface area contributed by atoms with Crippen molar-refractivity contribution in [3.05, 3.63) is 35.4 Å². The monoisotopic (exact) mass is 276 g/mol. The SMILES string of the molecule is CCNC(c1ccccc1C)C(C)(CC)N(CC)CC. The lowest BCUT2D eigenvalue weighted by Gasteiger charge is -2.46. The van der Waals surface area contributed by atoms with Crippen LogP contribution >= 0.6 is 0 Å². The van der Waals surface area contributed by atoms with E-state index in [1.807, 2.05) is 0 Å². The highest BCUT2D eigenvalue weighted by Gasteiger charge is 2.37. The summed E-state index contributed by atoms with van der Waals surface area (Å²) in [5.74, 6) is 0. The predicted octanol–water partition coefficient (Wildman–Crippen LogP) is 4.16. The Morgan fingerprint density at radius 3 is 2.15 bits per heavy atom. The van der Waals surface area contributed by atoms with Crippen LogP contribution in [0.15, 0.2) is 24.3 Å². The standard InChI is InChI=1S/C18H32N2/c1-7-18(6,20(9-3)10-4)17(19-8-2)16-14-12-11-13-15(16)5/h11-14,17,19H,7-10H2,1-6H3. The number of benzene rings is 1. The van der Waals surface area contributed by atoms with E-state index in [9.17, 15) is 0 Å². The number of hydrogen-bond donors (Lipinski definition) is 1. The van der Waals surface area contributed by atoms with Crippen molar-refractivity contribution >= 4 is 0 Å². The number of likely N-dealkylation sites (N-methyl/N-ethyl adjacent to an activating group) is 2. The molecule has 0 amide bonds. The van der Waals surface area contributed by atoms with Crippen LogP contribution in [0.5, 0.6) is 0 Å². The molecule has 114 valence electrons. The summed E-state index contributed by atoms with van der Waals surface area (Å²) in [5.41, 5.74) is 2.96. The molecule has 0 fully saturated rings. The van der Waals surface area contributed by atoms with Crippen molar-refractivity contribution in [1.29, 1.82) is 0 Å². The minimum Gasteiger partial charge on any atom is -0.309 e. The molecule has 1 aromatic carbocycles. The summed E-state index contributed by atoms with van der Waals surface area (Å²) in [6.07, 6.45) is 1.14. The number of hydrogen-bond acceptors (Lipinski definition) is 2. The van der Waals surface area contributed by atoms with Crippen LogP contribution in [0, 0.1) is 6.92 Å². The van der Waals surface area contributed by atoms with Gasteiger partial charge in [0.15, 0.2) is 0 Å². The summed E-state index contributed by atoms with van der Waals surface area (Å²) >= 11 is 0. The van der Waals surface area contributed by atoms with Crippen molar-refractivity contribution in [1.82, 2.24) is 10.2 Å². The third-order valence-corrected chi connectivity index (χ3v) is 4.73. The van der Waals surface area contributed by atoms with Gasteiger partial charge in [-0.2, -0.15) is 0 Å². The Balaban J connectivity index is 3.26. The highest BCUT2D eigenvalue weighted by atomic mass is 15.2. The number of rotatable bonds is 8. The first kappa shape index (κ1) is 17.2. The second-order valence-corrected chi connectivity index (χ2v) is 5.73. The molecule has 1 rings (SSSR count). The molecule has 2 unspecified atom stereocenters. The van der Waals surface area contributed by atoms with E-state index in [1.165, 1.54) is 11.1 Å². The molecule has 1 N–H and O–H groups in total. The second kappa shape index (κ2) is 7.80. The lowest BCUT2D eigenvalue weighted by molar-refractivity contribution is 0.0702. The number of nitrogens with zero attached hydrogens (tertiary/aromatic N) is 1. The van der Waals surface area contributed by atoms with Gasteiger partial charge in [0.05, 0.1) is 6.04 Å². The average molecular weight is 276 g/mol. The molecule has 2 atom stereocenters. The van der Waals surface area contributed by atoms with Gasteiger partial charge in [-0.05, 0) is 51.0 Å². The molecule has 0 spiro atoms. The van der Waals surface area contributed by atoms with E-state index in [0.717, 1.165) is 26.1 Å². The van der Waals surface area contributed by atoms with Gasteiger partial charge >= 0.3 is 0 Å². The first-order chi connectivity index (χ1) is 9.54. The van der Waals surface area contributed by atoms with Crippen LogP contribution in [0.25, 0.3) is 0 Å². The zero-order valence-electron chi connectivity index (χ0n) is 14.2. The molecule has 0 aliphatic carbocycles. The topological polar surface area (TPSA) is 15.3 Å². The predicted molar refractivity (Wildman–Crippen MR) is 89.2 cm³/mol. The summed E-state index contributed by atoms with van der Waals surface area (Å²) in [6.45, 7) is 16.8. The summed E-state index contributed by atoms with van der Waals surface area (Å²) < 4.78 is 0. The van der Waals surface area contributed by atoms with Gasteiger partial charge in [0, 0.05) is 5.54 Å². The molecular formula is C18H32N2. The third kappa shape index (κ3) is 3.42. The van der Waals surface area contributed by atoms with Gasteiger partial charge in [-0.1, -0.05) is 52.0 Å². The molecule has 0 aliphatic heterocycles. The Labute approximate surface area is 125 Å². The van der Waals surface area contributed by atoms with Crippen LogP contribution in [-0.4, -0.2) is 30.1 Å². The fraction of sp³-hybridized carbons (Fsp3) is 0.667. The van der Waals surface area contributed by atoms with Gasteiger partial charge in [0.25, 0.3) is 0 Å². The van der Waals surface area contributed by atoms with Crippen molar-refractivity contribution in [2.24, 2.45) is 0 Å². The smallest absolute Gasteiger partial charge is 0.0506 e. The molecule has 0 heterocycles. The van der Waals surface area contributed by atoms with Crippen molar-refractivity contribution < 1.29 is 0 Å². The molecule has 2 heteroatoms. The quantitative estimate of drug-likeness (QED) is 0.767. The van der Waals surface area contributed by atoms with Gasteiger partial charge < -0.3 is 5.32 Å². The van der Waals surface area contributed by atoms with E-state index in [1.54, 1.807) is 0 Å². The van der Waals surface area contributed by atoms with E-state index < -0.39 is 0 Å². The maximum Gasteiger partial charge on any atom is 0.0506 e. The fourth-order valence-corrected chi connectivity index (χ4v) is 3.34. The Kier molecular flexibility index (Phi) is 6.70.